The number of anilines is 1. The number of carbonyl (C=O) groups is 2. The highest BCUT2D eigenvalue weighted by molar-refractivity contribution is 6.39. The van der Waals surface area contributed by atoms with Crippen molar-refractivity contribution in [3.8, 4) is 0 Å². The van der Waals surface area contributed by atoms with Gasteiger partial charge in [0.05, 0.1) is 6.21 Å². The summed E-state index contributed by atoms with van der Waals surface area (Å²) in [5.41, 5.74) is 4.84. The third-order valence-electron chi connectivity index (χ3n) is 3.42. The van der Waals surface area contributed by atoms with E-state index in [-0.39, 0.29) is 0 Å². The zero-order valence-corrected chi connectivity index (χ0v) is 13.7. The number of amides is 2. The third kappa shape index (κ3) is 5.68. The molecule has 2 aromatic rings. The lowest BCUT2D eigenvalue weighted by atomic mass is 10.1. The summed E-state index contributed by atoms with van der Waals surface area (Å²) >= 11 is 0. The second-order valence-corrected chi connectivity index (χ2v) is 5.36. The molecule has 0 unspecified atom stereocenters. The van der Waals surface area contributed by atoms with E-state index in [2.05, 4.69) is 22.8 Å². The Bertz CT molecular complexity index is 694. The van der Waals surface area contributed by atoms with Crippen molar-refractivity contribution in [2.75, 3.05) is 5.32 Å². The van der Waals surface area contributed by atoms with Gasteiger partial charge in [-0.1, -0.05) is 55.8 Å². The van der Waals surface area contributed by atoms with Crippen LogP contribution in [0.2, 0.25) is 0 Å². The van der Waals surface area contributed by atoms with Crippen LogP contribution in [0.4, 0.5) is 5.69 Å². The van der Waals surface area contributed by atoms with Gasteiger partial charge in [0, 0.05) is 5.69 Å². The van der Waals surface area contributed by atoms with Gasteiger partial charge >= 0.3 is 11.8 Å². The van der Waals surface area contributed by atoms with E-state index in [0.29, 0.717) is 5.69 Å². The number of hydrogen-bond donors (Lipinski definition) is 2. The summed E-state index contributed by atoms with van der Waals surface area (Å²) in [4.78, 5) is 23.5. The van der Waals surface area contributed by atoms with Crippen LogP contribution in [-0.2, 0) is 16.0 Å². The van der Waals surface area contributed by atoms with Gasteiger partial charge in [0.15, 0.2) is 0 Å². The Morgan fingerprint density at radius 3 is 2.38 bits per heavy atom. The van der Waals surface area contributed by atoms with Gasteiger partial charge in [-0.05, 0) is 36.1 Å². The molecule has 0 aliphatic rings. The van der Waals surface area contributed by atoms with E-state index in [0.717, 1.165) is 24.8 Å². The molecule has 5 heteroatoms. The van der Waals surface area contributed by atoms with E-state index >= 15 is 0 Å². The molecule has 0 spiro atoms. The van der Waals surface area contributed by atoms with E-state index in [1.165, 1.54) is 11.8 Å². The van der Waals surface area contributed by atoms with Gasteiger partial charge in [-0.3, -0.25) is 9.59 Å². The zero-order valence-electron chi connectivity index (χ0n) is 13.7. The maximum Gasteiger partial charge on any atom is 0.329 e. The summed E-state index contributed by atoms with van der Waals surface area (Å²) in [6.45, 7) is 2.15. The number of carbonyl (C=O) groups excluding carboxylic acids is 2. The van der Waals surface area contributed by atoms with Crippen LogP contribution in [-0.4, -0.2) is 18.0 Å². The van der Waals surface area contributed by atoms with Crippen LogP contribution >= 0.6 is 0 Å². The lowest BCUT2D eigenvalue weighted by molar-refractivity contribution is -0.136. The SMILES string of the molecule is CCCCc1ccc(NC(=O)C(=O)N/N=C/c2ccccc2)cc1. The van der Waals surface area contributed by atoms with Gasteiger partial charge in [-0.25, -0.2) is 5.43 Å². The average molecular weight is 323 g/mol. The molecule has 0 saturated carbocycles. The Balaban J connectivity index is 1.83. The summed E-state index contributed by atoms with van der Waals surface area (Å²) in [6.07, 6.45) is 4.77. The molecule has 0 bridgehead atoms. The fourth-order valence-electron chi connectivity index (χ4n) is 2.08. The van der Waals surface area contributed by atoms with Gasteiger partial charge in [0.2, 0.25) is 0 Å². The molecule has 0 aliphatic carbocycles. The minimum Gasteiger partial charge on any atom is -0.318 e. The fourth-order valence-corrected chi connectivity index (χ4v) is 2.08. The second kappa shape index (κ2) is 9.25. The minimum atomic E-state index is -0.808. The molecule has 2 amide bonds. The molecule has 0 aliphatic heterocycles. The topological polar surface area (TPSA) is 70.6 Å². The van der Waals surface area contributed by atoms with Crippen LogP contribution < -0.4 is 10.7 Å². The lowest BCUT2D eigenvalue weighted by Crippen LogP contribution is -2.32. The largest absolute Gasteiger partial charge is 0.329 e. The molecule has 2 aromatic carbocycles. The highest BCUT2D eigenvalue weighted by atomic mass is 16.2. The molecule has 0 atom stereocenters. The van der Waals surface area contributed by atoms with Gasteiger partial charge in [-0.15, -0.1) is 0 Å². The first-order chi connectivity index (χ1) is 11.7. The van der Waals surface area contributed by atoms with Crippen molar-refractivity contribution in [3.63, 3.8) is 0 Å². The van der Waals surface area contributed by atoms with Crippen LogP contribution in [0, 0.1) is 0 Å². The first-order valence-corrected chi connectivity index (χ1v) is 7.97. The summed E-state index contributed by atoms with van der Waals surface area (Å²) in [7, 11) is 0. The number of hydrogen-bond acceptors (Lipinski definition) is 3. The van der Waals surface area contributed by atoms with Crippen LogP contribution in [0.25, 0.3) is 0 Å². The first-order valence-electron chi connectivity index (χ1n) is 7.97. The number of nitrogens with one attached hydrogen (secondary N) is 2. The van der Waals surface area contributed by atoms with Crippen LogP contribution in [0.15, 0.2) is 59.7 Å². The van der Waals surface area contributed by atoms with Crippen LogP contribution in [0.3, 0.4) is 0 Å². The van der Waals surface area contributed by atoms with E-state index in [4.69, 9.17) is 0 Å². The highest BCUT2D eigenvalue weighted by Gasteiger charge is 2.12. The van der Waals surface area contributed by atoms with Gasteiger partial charge in [0.25, 0.3) is 0 Å². The molecule has 24 heavy (non-hydrogen) atoms. The van der Waals surface area contributed by atoms with Gasteiger partial charge in [0.1, 0.15) is 0 Å². The Hall–Kier alpha value is -2.95. The normalized spacial score (nSPS) is 10.5. The molecule has 5 nitrogen and oxygen atoms in total. The van der Waals surface area contributed by atoms with Gasteiger partial charge in [-0.2, -0.15) is 5.10 Å². The molecular formula is C19H21N3O2. The molecule has 0 fully saturated rings. The molecule has 0 aromatic heterocycles. The predicted octanol–water partition coefficient (Wildman–Crippen LogP) is 3.12. The summed E-state index contributed by atoms with van der Waals surface area (Å²) < 4.78 is 0. The van der Waals surface area contributed by atoms with E-state index in [1.807, 2.05) is 42.5 Å². The summed E-state index contributed by atoms with van der Waals surface area (Å²) in [5.74, 6) is -1.56. The van der Waals surface area contributed by atoms with Crippen molar-refractivity contribution in [2.45, 2.75) is 26.2 Å². The van der Waals surface area contributed by atoms with Crippen molar-refractivity contribution in [1.29, 1.82) is 0 Å². The smallest absolute Gasteiger partial charge is 0.318 e. The Labute approximate surface area is 141 Å². The molecule has 2 rings (SSSR count). The molecule has 0 saturated heterocycles. The Morgan fingerprint density at radius 2 is 1.71 bits per heavy atom. The van der Waals surface area contributed by atoms with E-state index in [9.17, 15) is 9.59 Å². The van der Waals surface area contributed by atoms with E-state index < -0.39 is 11.8 Å². The number of rotatable bonds is 6. The minimum absolute atomic E-state index is 0.586. The van der Waals surface area contributed by atoms with Crippen molar-refractivity contribution in [3.05, 3.63) is 65.7 Å². The van der Waals surface area contributed by atoms with Crippen LogP contribution in [0.1, 0.15) is 30.9 Å². The number of hydrazone groups is 1. The van der Waals surface area contributed by atoms with Crippen molar-refractivity contribution in [1.82, 2.24) is 5.43 Å². The average Bonchev–Trinajstić information content (AvgIpc) is 2.62. The molecule has 2 N–H and O–H groups in total. The standard InChI is InChI=1S/C19H21N3O2/c1-2-3-7-15-10-12-17(13-11-15)21-18(23)19(24)22-20-14-16-8-5-4-6-9-16/h4-6,8-14H,2-3,7H2,1H3,(H,21,23)(H,22,24)/b20-14+. The maximum atomic E-state index is 11.8. The Morgan fingerprint density at radius 1 is 1.00 bits per heavy atom. The maximum absolute atomic E-state index is 11.8. The molecule has 124 valence electrons. The first kappa shape index (κ1) is 17.4. The molecule has 0 radical (unpaired) electrons. The summed E-state index contributed by atoms with van der Waals surface area (Å²) in [5, 5.41) is 6.32. The molecular weight excluding hydrogens is 302 g/mol. The predicted molar refractivity (Wildman–Crippen MR) is 95.9 cm³/mol. The van der Waals surface area contributed by atoms with E-state index in [1.54, 1.807) is 12.1 Å². The summed E-state index contributed by atoms with van der Waals surface area (Å²) in [6, 6.07) is 16.8. The van der Waals surface area contributed by atoms with Crippen LogP contribution in [0.5, 0.6) is 0 Å². The quantitative estimate of drug-likeness (QED) is 0.487. The fraction of sp³-hybridized carbons (Fsp3) is 0.211. The molecule has 0 heterocycles. The number of nitrogens with zero attached hydrogens (tertiary/aromatic N) is 1. The lowest BCUT2D eigenvalue weighted by Gasteiger charge is -2.05. The monoisotopic (exact) mass is 323 g/mol. The zero-order chi connectivity index (χ0) is 17.2. The van der Waals surface area contributed by atoms with Crippen molar-refractivity contribution >= 4 is 23.7 Å². The van der Waals surface area contributed by atoms with Crippen molar-refractivity contribution < 1.29 is 9.59 Å². The number of unbranched alkanes of at least 4 members (excludes halogenated alkanes) is 1. The Kier molecular flexibility index (Phi) is 6.71. The number of aryl methyl sites for hydroxylation is 1. The highest BCUT2D eigenvalue weighted by Crippen LogP contribution is 2.11. The van der Waals surface area contributed by atoms with Crippen molar-refractivity contribution in [2.24, 2.45) is 5.10 Å². The van der Waals surface area contributed by atoms with Gasteiger partial charge < -0.3 is 5.32 Å². The second-order valence-electron chi connectivity index (χ2n) is 5.36. The number of benzene rings is 2. The third-order valence-corrected chi connectivity index (χ3v) is 3.42.